The fourth-order valence-corrected chi connectivity index (χ4v) is 1.34. The summed E-state index contributed by atoms with van der Waals surface area (Å²) in [5.74, 6) is -0.936. The molecule has 1 atom stereocenters. The van der Waals surface area contributed by atoms with Gasteiger partial charge in [0, 0.05) is 7.05 Å². The van der Waals surface area contributed by atoms with Crippen LogP contribution in [0.2, 0.25) is 0 Å². The molecule has 3 heteroatoms. The Kier molecular flexibility index (Phi) is 3.23. The number of amides is 1. The van der Waals surface area contributed by atoms with Crippen LogP contribution in [-0.4, -0.2) is 13.0 Å². The number of hydrogen-bond donors (Lipinski definition) is 1. The van der Waals surface area contributed by atoms with Crippen molar-refractivity contribution >= 4 is 5.91 Å². The van der Waals surface area contributed by atoms with Crippen molar-refractivity contribution in [2.45, 2.75) is 19.8 Å². The monoisotopic (exact) mass is 195 g/mol. The second kappa shape index (κ2) is 4.22. The van der Waals surface area contributed by atoms with Gasteiger partial charge in [0.25, 0.3) is 0 Å². The van der Waals surface area contributed by atoms with Gasteiger partial charge in [-0.25, -0.2) is 4.39 Å². The van der Waals surface area contributed by atoms with Crippen LogP contribution < -0.4 is 5.32 Å². The lowest BCUT2D eigenvalue weighted by Crippen LogP contribution is -2.24. The molecule has 0 bridgehead atoms. The highest BCUT2D eigenvalue weighted by Gasteiger charge is 2.17. The van der Waals surface area contributed by atoms with E-state index in [-0.39, 0.29) is 11.7 Å². The molecule has 0 saturated heterocycles. The van der Waals surface area contributed by atoms with Gasteiger partial charge in [-0.05, 0) is 31.0 Å². The first kappa shape index (κ1) is 10.7. The molecular formula is C11H14FNO. The first-order valence-electron chi connectivity index (χ1n) is 4.54. The standard InChI is InChI=1S/C11H14FNO/c1-7-4-5-9(10(12)6-7)8(2)11(14)13-3/h4-6,8H,1-3H3,(H,13,14). The summed E-state index contributed by atoms with van der Waals surface area (Å²) in [7, 11) is 1.55. The van der Waals surface area contributed by atoms with E-state index in [1.165, 1.54) is 6.07 Å². The van der Waals surface area contributed by atoms with Gasteiger partial charge in [0.05, 0.1) is 5.92 Å². The minimum atomic E-state index is -0.444. The highest BCUT2D eigenvalue weighted by Crippen LogP contribution is 2.19. The highest BCUT2D eigenvalue weighted by molar-refractivity contribution is 5.82. The molecule has 0 aliphatic carbocycles. The average Bonchev–Trinajstić information content (AvgIpc) is 2.15. The van der Waals surface area contributed by atoms with Gasteiger partial charge in [-0.15, -0.1) is 0 Å². The van der Waals surface area contributed by atoms with Gasteiger partial charge in [-0.2, -0.15) is 0 Å². The van der Waals surface area contributed by atoms with Gasteiger partial charge >= 0.3 is 0 Å². The van der Waals surface area contributed by atoms with Crippen molar-refractivity contribution < 1.29 is 9.18 Å². The molecule has 1 aromatic carbocycles. The van der Waals surface area contributed by atoms with Gasteiger partial charge < -0.3 is 5.32 Å². The maximum Gasteiger partial charge on any atom is 0.227 e. The van der Waals surface area contributed by atoms with Crippen LogP contribution in [0.5, 0.6) is 0 Å². The van der Waals surface area contributed by atoms with E-state index < -0.39 is 5.92 Å². The Bertz CT molecular complexity index is 349. The third-order valence-electron chi connectivity index (χ3n) is 2.26. The van der Waals surface area contributed by atoms with E-state index in [0.717, 1.165) is 5.56 Å². The van der Waals surface area contributed by atoms with E-state index in [1.807, 2.05) is 6.92 Å². The normalized spacial score (nSPS) is 12.3. The molecule has 1 rings (SSSR count). The molecule has 0 radical (unpaired) electrons. The van der Waals surface area contributed by atoms with Crippen molar-refractivity contribution in [1.29, 1.82) is 0 Å². The lowest BCUT2D eigenvalue weighted by molar-refractivity contribution is -0.121. The summed E-state index contributed by atoms with van der Waals surface area (Å²) in [6.07, 6.45) is 0. The second-order valence-electron chi connectivity index (χ2n) is 3.36. The van der Waals surface area contributed by atoms with Gasteiger partial charge in [-0.3, -0.25) is 4.79 Å². The molecule has 1 unspecified atom stereocenters. The molecule has 76 valence electrons. The smallest absolute Gasteiger partial charge is 0.227 e. The van der Waals surface area contributed by atoms with E-state index in [2.05, 4.69) is 5.32 Å². The summed E-state index contributed by atoms with van der Waals surface area (Å²) in [5, 5.41) is 2.50. The van der Waals surface area contributed by atoms with Gasteiger partial charge in [-0.1, -0.05) is 12.1 Å². The number of nitrogens with one attached hydrogen (secondary N) is 1. The summed E-state index contributed by atoms with van der Waals surface area (Å²) in [5.41, 5.74) is 1.30. The first-order chi connectivity index (χ1) is 6.56. The molecule has 1 aromatic rings. The highest BCUT2D eigenvalue weighted by atomic mass is 19.1. The maximum absolute atomic E-state index is 13.4. The van der Waals surface area contributed by atoms with Crippen LogP contribution in [-0.2, 0) is 4.79 Å². The molecule has 0 heterocycles. The lowest BCUT2D eigenvalue weighted by atomic mass is 9.98. The number of carbonyl (C=O) groups is 1. The van der Waals surface area contributed by atoms with Crippen LogP contribution in [0.15, 0.2) is 18.2 Å². The minimum Gasteiger partial charge on any atom is -0.359 e. The summed E-state index contributed by atoms with van der Waals surface area (Å²) in [6, 6.07) is 4.90. The minimum absolute atomic E-state index is 0.173. The van der Waals surface area contributed by atoms with Crippen LogP contribution in [0, 0.1) is 12.7 Å². The Balaban J connectivity index is 3.01. The summed E-state index contributed by atoms with van der Waals surface area (Å²) in [6.45, 7) is 3.50. The molecule has 14 heavy (non-hydrogen) atoms. The van der Waals surface area contributed by atoms with E-state index in [0.29, 0.717) is 5.56 Å². The van der Waals surface area contributed by atoms with Crippen molar-refractivity contribution in [3.8, 4) is 0 Å². The van der Waals surface area contributed by atoms with Crippen molar-refractivity contribution in [3.63, 3.8) is 0 Å². The van der Waals surface area contributed by atoms with Crippen molar-refractivity contribution in [1.82, 2.24) is 5.32 Å². The first-order valence-corrected chi connectivity index (χ1v) is 4.54. The molecule has 0 aliphatic heterocycles. The second-order valence-corrected chi connectivity index (χ2v) is 3.36. The predicted octanol–water partition coefficient (Wildman–Crippen LogP) is 1.98. The Hall–Kier alpha value is -1.38. The number of halogens is 1. The van der Waals surface area contributed by atoms with Crippen molar-refractivity contribution in [2.24, 2.45) is 0 Å². The molecule has 1 N–H and O–H groups in total. The molecule has 0 fully saturated rings. The topological polar surface area (TPSA) is 29.1 Å². The Morgan fingerprint density at radius 3 is 2.64 bits per heavy atom. The molecular weight excluding hydrogens is 181 g/mol. The molecule has 0 aliphatic rings. The van der Waals surface area contributed by atoms with E-state index in [1.54, 1.807) is 26.1 Å². The SMILES string of the molecule is CNC(=O)C(C)c1ccc(C)cc1F. The van der Waals surface area contributed by atoms with E-state index in [9.17, 15) is 9.18 Å². The number of carbonyl (C=O) groups excluding carboxylic acids is 1. The summed E-state index contributed by atoms with van der Waals surface area (Å²) < 4.78 is 13.4. The van der Waals surface area contributed by atoms with Gasteiger partial charge in [0.1, 0.15) is 5.82 Å². The number of rotatable bonds is 2. The zero-order chi connectivity index (χ0) is 10.7. The largest absolute Gasteiger partial charge is 0.359 e. The molecule has 0 saturated carbocycles. The molecule has 2 nitrogen and oxygen atoms in total. The predicted molar refractivity (Wildman–Crippen MR) is 53.6 cm³/mol. The lowest BCUT2D eigenvalue weighted by Gasteiger charge is -2.11. The Morgan fingerprint density at radius 1 is 1.50 bits per heavy atom. The third-order valence-corrected chi connectivity index (χ3v) is 2.26. The van der Waals surface area contributed by atoms with Crippen LogP contribution in [0.3, 0.4) is 0 Å². The number of aryl methyl sites for hydroxylation is 1. The van der Waals surface area contributed by atoms with Crippen molar-refractivity contribution in [3.05, 3.63) is 35.1 Å². The van der Waals surface area contributed by atoms with Crippen LogP contribution in [0.1, 0.15) is 24.0 Å². The van der Waals surface area contributed by atoms with E-state index >= 15 is 0 Å². The van der Waals surface area contributed by atoms with Crippen LogP contribution >= 0.6 is 0 Å². The third kappa shape index (κ3) is 2.10. The van der Waals surface area contributed by atoms with Crippen molar-refractivity contribution in [2.75, 3.05) is 7.05 Å². The molecule has 0 aromatic heterocycles. The summed E-state index contributed by atoms with van der Waals surface area (Å²) in [4.78, 5) is 11.3. The number of benzene rings is 1. The molecule has 0 spiro atoms. The fraction of sp³-hybridized carbons (Fsp3) is 0.364. The fourth-order valence-electron chi connectivity index (χ4n) is 1.34. The zero-order valence-electron chi connectivity index (χ0n) is 8.60. The quantitative estimate of drug-likeness (QED) is 0.768. The number of hydrogen-bond acceptors (Lipinski definition) is 1. The maximum atomic E-state index is 13.4. The van der Waals surface area contributed by atoms with Gasteiger partial charge in [0.2, 0.25) is 5.91 Å². The Morgan fingerprint density at radius 2 is 2.14 bits per heavy atom. The van der Waals surface area contributed by atoms with E-state index in [4.69, 9.17) is 0 Å². The summed E-state index contributed by atoms with van der Waals surface area (Å²) >= 11 is 0. The number of likely N-dealkylation sites (N-methyl/N-ethyl adjacent to an activating group) is 1. The zero-order valence-corrected chi connectivity index (χ0v) is 8.60. The van der Waals surface area contributed by atoms with Crippen LogP contribution in [0.25, 0.3) is 0 Å². The average molecular weight is 195 g/mol. The Labute approximate surface area is 83.1 Å². The van der Waals surface area contributed by atoms with Gasteiger partial charge in [0.15, 0.2) is 0 Å². The van der Waals surface area contributed by atoms with Crippen LogP contribution in [0.4, 0.5) is 4.39 Å². The molecule has 1 amide bonds.